The lowest BCUT2D eigenvalue weighted by Gasteiger charge is -2.40. The minimum atomic E-state index is -0.281. The summed E-state index contributed by atoms with van der Waals surface area (Å²) < 4.78 is 5.42. The maximum absolute atomic E-state index is 13.1. The Morgan fingerprint density at radius 1 is 1.03 bits per heavy atom. The number of rotatable bonds is 5. The number of carbonyl (C=O) groups excluding carboxylic acids is 2. The van der Waals surface area contributed by atoms with E-state index >= 15 is 0 Å². The van der Waals surface area contributed by atoms with E-state index in [1.807, 2.05) is 48.3 Å². The van der Waals surface area contributed by atoms with E-state index in [-0.39, 0.29) is 18.0 Å². The third-order valence-electron chi connectivity index (χ3n) is 7.83. The second kappa shape index (κ2) is 10.3. The molecule has 186 valence electrons. The van der Waals surface area contributed by atoms with Crippen LogP contribution in [0.2, 0.25) is 0 Å². The van der Waals surface area contributed by atoms with Crippen LogP contribution in [0.4, 0.5) is 21.9 Å². The van der Waals surface area contributed by atoms with Crippen LogP contribution in [0.1, 0.15) is 60.9 Å². The van der Waals surface area contributed by atoms with Crippen LogP contribution in [0.25, 0.3) is 0 Å². The fraction of sp³-hybridized carbons (Fsp3) is 0.481. The van der Waals surface area contributed by atoms with Gasteiger partial charge in [0.15, 0.2) is 5.69 Å². The van der Waals surface area contributed by atoms with Crippen LogP contribution in [-0.4, -0.2) is 54.3 Å². The summed E-state index contributed by atoms with van der Waals surface area (Å²) in [5.74, 6) is 0.00698. The Kier molecular flexibility index (Phi) is 6.92. The van der Waals surface area contributed by atoms with Gasteiger partial charge in [-0.15, -0.1) is 0 Å². The molecule has 1 saturated carbocycles. The summed E-state index contributed by atoms with van der Waals surface area (Å²) in [4.78, 5) is 31.6. The Morgan fingerprint density at radius 2 is 1.77 bits per heavy atom. The molecule has 2 heterocycles. The normalized spacial score (nSPS) is 19.3. The molecule has 2 aromatic carbocycles. The molecule has 0 spiro atoms. The van der Waals surface area contributed by atoms with Crippen molar-refractivity contribution in [1.82, 2.24) is 4.90 Å². The molecule has 0 bridgehead atoms. The van der Waals surface area contributed by atoms with Crippen molar-refractivity contribution in [2.24, 2.45) is 0 Å². The van der Waals surface area contributed by atoms with Crippen LogP contribution < -0.4 is 15.3 Å². The van der Waals surface area contributed by atoms with Crippen molar-refractivity contribution in [3.63, 3.8) is 0 Å². The predicted octanol–water partition coefficient (Wildman–Crippen LogP) is 3.80. The van der Waals surface area contributed by atoms with Crippen molar-refractivity contribution in [1.29, 1.82) is 0 Å². The number of benzene rings is 2. The first-order valence-electron chi connectivity index (χ1n) is 12.7. The van der Waals surface area contributed by atoms with Gasteiger partial charge in [-0.3, -0.25) is 9.69 Å². The number of quaternary nitrogens is 1. The number of hydrogen-bond acceptors (Lipinski definition) is 5. The Morgan fingerprint density at radius 3 is 2.51 bits per heavy atom. The van der Waals surface area contributed by atoms with Crippen LogP contribution in [0, 0.1) is 0 Å². The maximum atomic E-state index is 13.1. The highest BCUT2D eigenvalue weighted by molar-refractivity contribution is 5.96. The first-order chi connectivity index (χ1) is 17.1. The molecule has 2 aliphatic heterocycles. The van der Waals surface area contributed by atoms with Crippen LogP contribution >= 0.6 is 0 Å². The Balaban J connectivity index is 1.28. The quantitative estimate of drug-likeness (QED) is 0.503. The molecule has 8 heteroatoms. The topological polar surface area (TPSA) is 89.9 Å². The zero-order chi connectivity index (χ0) is 24.4. The van der Waals surface area contributed by atoms with Crippen LogP contribution in [0.5, 0.6) is 0 Å². The number of ether oxygens (including phenoxy) is 1. The monoisotopic (exact) mass is 479 g/mol. The first kappa shape index (κ1) is 23.6. The minimum absolute atomic E-state index is 0.00698. The van der Waals surface area contributed by atoms with Gasteiger partial charge in [-0.2, -0.15) is 5.48 Å². The van der Waals surface area contributed by atoms with Crippen molar-refractivity contribution in [3.8, 4) is 0 Å². The van der Waals surface area contributed by atoms with Crippen molar-refractivity contribution < 1.29 is 25.0 Å². The van der Waals surface area contributed by atoms with E-state index < -0.39 is 0 Å². The highest BCUT2D eigenvalue weighted by Gasteiger charge is 2.35. The van der Waals surface area contributed by atoms with Crippen molar-refractivity contribution in [2.75, 3.05) is 29.9 Å². The molecule has 2 fully saturated rings. The van der Waals surface area contributed by atoms with Gasteiger partial charge in [0.1, 0.15) is 12.3 Å². The predicted molar refractivity (Wildman–Crippen MR) is 133 cm³/mol. The summed E-state index contributed by atoms with van der Waals surface area (Å²) in [6.45, 7) is 1.81. The number of anilines is 2. The molecule has 1 saturated heterocycles. The zero-order valence-corrected chi connectivity index (χ0v) is 20.4. The smallest absolute Gasteiger partial charge is 0.414 e. The van der Waals surface area contributed by atoms with E-state index in [0.717, 1.165) is 61.2 Å². The highest BCUT2D eigenvalue weighted by atomic mass is 16.6. The summed E-state index contributed by atoms with van der Waals surface area (Å²) in [7, 11) is 1.89. The standard InChI is InChI=1S/C27H34N4O4/c1-29(21-8-3-2-4-9-21)26(32)19-11-12-25(23(17-19)28-34)30-15-13-22(14-16-30)31-24-10-6-5-7-20(24)18-35-27(31)33/h5-7,10-12,17,21-22,28,34H,2-4,8-9,13-16,18H2,1H3/p+1. The first-order valence-corrected chi connectivity index (χ1v) is 12.7. The molecule has 35 heavy (non-hydrogen) atoms. The fourth-order valence-electron chi connectivity index (χ4n) is 5.80. The maximum Gasteiger partial charge on any atom is 0.414 e. The average molecular weight is 480 g/mol. The molecule has 0 radical (unpaired) electrons. The van der Waals surface area contributed by atoms with E-state index in [4.69, 9.17) is 4.74 Å². The van der Waals surface area contributed by atoms with E-state index in [1.54, 1.807) is 11.0 Å². The van der Waals surface area contributed by atoms with Gasteiger partial charge in [0, 0.05) is 49.4 Å². The van der Waals surface area contributed by atoms with Gasteiger partial charge in [0.25, 0.3) is 5.91 Å². The number of cyclic esters (lactones) is 1. The highest BCUT2D eigenvalue weighted by Crippen LogP contribution is 2.34. The Hall–Kier alpha value is -3.10. The summed E-state index contributed by atoms with van der Waals surface area (Å²) in [6.07, 6.45) is 7.02. The summed E-state index contributed by atoms with van der Waals surface area (Å²) in [5.41, 5.74) is 5.22. The lowest BCUT2D eigenvalue weighted by Crippen LogP contribution is -2.74. The van der Waals surface area contributed by atoms with E-state index in [9.17, 15) is 14.8 Å². The van der Waals surface area contributed by atoms with Crippen molar-refractivity contribution in [2.45, 2.75) is 63.6 Å². The van der Waals surface area contributed by atoms with Crippen molar-refractivity contribution >= 4 is 29.1 Å². The third-order valence-corrected chi connectivity index (χ3v) is 7.83. The molecule has 3 N–H and O–H groups in total. The number of nitrogens with two attached hydrogens (primary N) is 1. The van der Waals surface area contributed by atoms with Gasteiger partial charge in [0.2, 0.25) is 0 Å². The molecule has 3 aliphatic rings. The van der Waals surface area contributed by atoms with Gasteiger partial charge in [0.05, 0.1) is 5.69 Å². The number of amides is 2. The SMILES string of the molecule is CN(C(=O)c1ccc(N2CCC(N3C(=O)OCc4ccccc43)CC2)c([NH2+]O)c1)C1CCCCC1. The van der Waals surface area contributed by atoms with Crippen molar-refractivity contribution in [3.05, 3.63) is 53.6 Å². The molecule has 1 aliphatic carbocycles. The zero-order valence-electron chi connectivity index (χ0n) is 20.4. The number of piperidine rings is 1. The lowest BCUT2D eigenvalue weighted by molar-refractivity contribution is -0.825. The van der Waals surface area contributed by atoms with E-state index in [1.165, 1.54) is 19.3 Å². The molecule has 2 amide bonds. The van der Waals surface area contributed by atoms with Gasteiger partial charge in [-0.1, -0.05) is 37.5 Å². The molecular weight excluding hydrogens is 444 g/mol. The largest absolute Gasteiger partial charge is 0.444 e. The van der Waals surface area contributed by atoms with Gasteiger partial charge in [-0.25, -0.2) is 10.0 Å². The summed E-state index contributed by atoms with van der Waals surface area (Å²) in [6, 6.07) is 13.9. The Bertz CT molecular complexity index is 1080. The van der Waals surface area contributed by atoms with Crippen LogP contribution in [-0.2, 0) is 11.3 Å². The molecule has 0 aromatic heterocycles. The number of nitrogens with zero attached hydrogens (tertiary/aromatic N) is 3. The summed E-state index contributed by atoms with van der Waals surface area (Å²) >= 11 is 0. The molecular formula is C27H35N4O4+. The minimum Gasteiger partial charge on any atom is -0.444 e. The Labute approximate surface area is 206 Å². The number of hydrogen-bond donors (Lipinski definition) is 2. The molecule has 2 aromatic rings. The van der Waals surface area contributed by atoms with E-state index in [0.29, 0.717) is 23.9 Å². The van der Waals surface area contributed by atoms with Gasteiger partial charge >= 0.3 is 6.09 Å². The molecule has 5 rings (SSSR count). The van der Waals surface area contributed by atoms with Crippen LogP contribution in [0.3, 0.4) is 0 Å². The molecule has 8 nitrogen and oxygen atoms in total. The molecule has 0 atom stereocenters. The number of carbonyl (C=O) groups is 2. The van der Waals surface area contributed by atoms with Gasteiger partial charge in [-0.05, 0) is 43.9 Å². The van der Waals surface area contributed by atoms with E-state index in [2.05, 4.69) is 4.90 Å². The number of fused-ring (bicyclic) bond motifs is 1. The second-order valence-corrected chi connectivity index (χ2v) is 9.88. The third kappa shape index (κ3) is 4.73. The lowest BCUT2D eigenvalue weighted by atomic mass is 9.94. The van der Waals surface area contributed by atoms with Gasteiger partial charge < -0.3 is 14.5 Å². The van der Waals surface area contributed by atoms with Crippen LogP contribution in [0.15, 0.2) is 42.5 Å². The summed E-state index contributed by atoms with van der Waals surface area (Å²) in [5, 5.41) is 10.00. The molecule has 0 unspecified atom stereocenters. The fourth-order valence-corrected chi connectivity index (χ4v) is 5.80. The number of para-hydroxylation sites is 1. The second-order valence-electron chi connectivity index (χ2n) is 9.88. The average Bonchev–Trinajstić information content (AvgIpc) is 2.92.